The molecule has 1 aliphatic rings. The van der Waals surface area contributed by atoms with Gasteiger partial charge in [-0.25, -0.2) is 0 Å². The maximum atomic E-state index is 12.3. The fourth-order valence-corrected chi connectivity index (χ4v) is 2.63. The molecule has 2 heterocycles. The Morgan fingerprint density at radius 3 is 2.22 bits per heavy atom. The van der Waals surface area contributed by atoms with Crippen LogP contribution in [0.4, 0.5) is 0 Å². The lowest BCUT2D eigenvalue weighted by Gasteiger charge is -2.36. The lowest BCUT2D eigenvalue weighted by molar-refractivity contribution is -0.128. The minimum Gasteiger partial charge on any atom is -0.459 e. The molecule has 2 amide bonds. The molecule has 0 bridgehead atoms. The van der Waals surface area contributed by atoms with E-state index in [0.29, 0.717) is 45.0 Å². The fourth-order valence-electron chi connectivity index (χ4n) is 2.63. The Bertz CT molecular complexity index is 632. The first-order valence-corrected chi connectivity index (χ1v) is 8.89. The second-order valence-corrected chi connectivity index (χ2v) is 7.24. The third-order valence-corrected chi connectivity index (χ3v) is 4.19. The van der Waals surface area contributed by atoms with E-state index in [4.69, 9.17) is 4.42 Å². The van der Waals surface area contributed by atoms with Gasteiger partial charge in [-0.15, -0.1) is 24.0 Å². The zero-order valence-electron chi connectivity index (χ0n) is 16.4. The highest BCUT2D eigenvalue weighted by Gasteiger charge is 2.25. The van der Waals surface area contributed by atoms with Crippen molar-refractivity contribution < 1.29 is 14.0 Å². The van der Waals surface area contributed by atoms with Crippen molar-refractivity contribution in [2.75, 3.05) is 46.3 Å². The Hall–Kier alpha value is -1.78. The van der Waals surface area contributed by atoms with Gasteiger partial charge in [0, 0.05) is 51.7 Å². The number of hydrogen-bond acceptors (Lipinski definition) is 4. The van der Waals surface area contributed by atoms with Crippen LogP contribution in [0.5, 0.6) is 0 Å². The number of aliphatic imine (C=N–C) groups is 1. The largest absolute Gasteiger partial charge is 0.459 e. The lowest BCUT2D eigenvalue weighted by Crippen LogP contribution is -2.54. The van der Waals surface area contributed by atoms with Crippen LogP contribution in [-0.4, -0.2) is 73.9 Å². The van der Waals surface area contributed by atoms with Gasteiger partial charge in [0.1, 0.15) is 0 Å². The van der Waals surface area contributed by atoms with Crippen LogP contribution in [0, 0.1) is 5.41 Å². The molecule has 1 aromatic heterocycles. The van der Waals surface area contributed by atoms with Gasteiger partial charge in [0.25, 0.3) is 5.91 Å². The van der Waals surface area contributed by atoms with E-state index in [0.717, 1.165) is 5.96 Å². The van der Waals surface area contributed by atoms with Crippen molar-refractivity contribution >= 4 is 41.8 Å². The van der Waals surface area contributed by atoms with Crippen molar-refractivity contribution in [2.45, 2.75) is 20.8 Å². The fraction of sp³-hybridized carbons (Fsp3) is 0.611. The number of rotatable bonds is 4. The molecule has 9 heteroatoms. The molecule has 27 heavy (non-hydrogen) atoms. The number of nitrogens with one attached hydrogen (secondary N) is 2. The van der Waals surface area contributed by atoms with Crippen LogP contribution in [0.2, 0.25) is 0 Å². The van der Waals surface area contributed by atoms with Crippen molar-refractivity contribution in [2.24, 2.45) is 10.4 Å². The van der Waals surface area contributed by atoms with Crippen molar-refractivity contribution in [1.82, 2.24) is 20.4 Å². The van der Waals surface area contributed by atoms with E-state index in [-0.39, 0.29) is 35.8 Å². The van der Waals surface area contributed by atoms with Gasteiger partial charge in [-0.1, -0.05) is 20.8 Å². The van der Waals surface area contributed by atoms with Crippen LogP contribution in [0.3, 0.4) is 0 Å². The minimum absolute atomic E-state index is 0. The Labute approximate surface area is 177 Å². The molecule has 0 spiro atoms. The predicted octanol–water partition coefficient (Wildman–Crippen LogP) is 1.39. The summed E-state index contributed by atoms with van der Waals surface area (Å²) in [6.07, 6.45) is 1.51. The van der Waals surface area contributed by atoms with E-state index >= 15 is 0 Å². The maximum Gasteiger partial charge on any atom is 0.289 e. The number of furan rings is 1. The van der Waals surface area contributed by atoms with E-state index in [1.807, 2.05) is 20.8 Å². The SMILES string of the molecule is CN=C(NCCNC(=O)C(C)(C)C)N1CCN(C(=O)c2ccco2)CC1.I. The smallest absolute Gasteiger partial charge is 0.289 e. The summed E-state index contributed by atoms with van der Waals surface area (Å²) in [5, 5.41) is 6.16. The van der Waals surface area contributed by atoms with Crippen LogP contribution in [0.25, 0.3) is 0 Å². The number of carbonyl (C=O) groups excluding carboxylic acids is 2. The Morgan fingerprint density at radius 1 is 1.11 bits per heavy atom. The van der Waals surface area contributed by atoms with E-state index in [1.165, 1.54) is 6.26 Å². The normalized spacial score (nSPS) is 15.2. The van der Waals surface area contributed by atoms with Gasteiger partial charge in [0.05, 0.1) is 6.26 Å². The highest BCUT2D eigenvalue weighted by molar-refractivity contribution is 14.0. The second kappa shape index (κ2) is 10.5. The molecule has 152 valence electrons. The minimum atomic E-state index is -0.390. The van der Waals surface area contributed by atoms with E-state index in [2.05, 4.69) is 20.5 Å². The molecule has 0 saturated carbocycles. The first kappa shape index (κ1) is 23.3. The molecule has 0 aromatic carbocycles. The maximum absolute atomic E-state index is 12.3. The molecular weight excluding hydrogens is 461 g/mol. The van der Waals surface area contributed by atoms with Gasteiger partial charge in [-0.2, -0.15) is 0 Å². The van der Waals surface area contributed by atoms with Gasteiger partial charge < -0.3 is 24.9 Å². The first-order valence-electron chi connectivity index (χ1n) is 8.89. The van der Waals surface area contributed by atoms with E-state index in [9.17, 15) is 9.59 Å². The summed E-state index contributed by atoms with van der Waals surface area (Å²) in [5.41, 5.74) is -0.390. The van der Waals surface area contributed by atoms with Gasteiger partial charge in [0.15, 0.2) is 11.7 Å². The van der Waals surface area contributed by atoms with Gasteiger partial charge >= 0.3 is 0 Å². The summed E-state index contributed by atoms with van der Waals surface area (Å²) >= 11 is 0. The Kier molecular flexibility index (Phi) is 9.07. The van der Waals surface area contributed by atoms with Crippen LogP contribution in [0.15, 0.2) is 27.8 Å². The quantitative estimate of drug-likeness (QED) is 0.288. The predicted molar refractivity (Wildman–Crippen MR) is 115 cm³/mol. The van der Waals surface area contributed by atoms with Gasteiger partial charge in [0.2, 0.25) is 5.91 Å². The van der Waals surface area contributed by atoms with Crippen molar-refractivity contribution in [3.05, 3.63) is 24.2 Å². The summed E-state index contributed by atoms with van der Waals surface area (Å²) in [4.78, 5) is 32.3. The molecule has 8 nitrogen and oxygen atoms in total. The van der Waals surface area contributed by atoms with Crippen LogP contribution in [0.1, 0.15) is 31.3 Å². The zero-order valence-corrected chi connectivity index (χ0v) is 18.8. The number of piperazine rings is 1. The lowest BCUT2D eigenvalue weighted by atomic mass is 9.96. The summed E-state index contributed by atoms with van der Waals surface area (Å²) in [6.45, 7) is 9.41. The van der Waals surface area contributed by atoms with Crippen molar-refractivity contribution in [3.63, 3.8) is 0 Å². The average Bonchev–Trinajstić information content (AvgIpc) is 3.15. The second-order valence-electron chi connectivity index (χ2n) is 7.24. The molecule has 1 aromatic rings. The summed E-state index contributed by atoms with van der Waals surface area (Å²) in [6, 6.07) is 3.40. The molecule has 2 N–H and O–H groups in total. The molecule has 0 atom stereocenters. The zero-order chi connectivity index (χ0) is 19.2. The van der Waals surface area contributed by atoms with Crippen LogP contribution in [-0.2, 0) is 4.79 Å². The average molecular weight is 491 g/mol. The number of carbonyl (C=O) groups is 2. The number of amides is 2. The van der Waals surface area contributed by atoms with E-state index < -0.39 is 5.41 Å². The summed E-state index contributed by atoms with van der Waals surface area (Å²) in [5.74, 6) is 1.09. The van der Waals surface area contributed by atoms with E-state index in [1.54, 1.807) is 24.1 Å². The molecule has 1 saturated heterocycles. The number of nitrogens with zero attached hydrogens (tertiary/aromatic N) is 3. The van der Waals surface area contributed by atoms with Crippen molar-refractivity contribution in [3.8, 4) is 0 Å². The number of halogens is 1. The molecule has 0 aliphatic carbocycles. The molecule has 2 rings (SSSR count). The third kappa shape index (κ3) is 6.71. The highest BCUT2D eigenvalue weighted by atomic mass is 127. The first-order chi connectivity index (χ1) is 12.3. The number of guanidine groups is 1. The van der Waals surface area contributed by atoms with Crippen LogP contribution < -0.4 is 10.6 Å². The number of hydrogen-bond donors (Lipinski definition) is 2. The van der Waals surface area contributed by atoms with Crippen molar-refractivity contribution in [1.29, 1.82) is 0 Å². The standard InChI is InChI=1S/C18H29N5O3.HI/c1-18(2,3)16(25)20-7-8-21-17(19-4)23-11-9-22(10-12-23)15(24)14-6-5-13-26-14;/h5-6,13H,7-12H2,1-4H3,(H,19,21)(H,20,25);1H. The molecule has 0 radical (unpaired) electrons. The Morgan fingerprint density at radius 2 is 1.70 bits per heavy atom. The van der Waals surface area contributed by atoms with Crippen LogP contribution >= 0.6 is 24.0 Å². The molecule has 1 aliphatic heterocycles. The Balaban J connectivity index is 0.00000364. The molecule has 1 fully saturated rings. The monoisotopic (exact) mass is 491 g/mol. The summed E-state index contributed by atoms with van der Waals surface area (Å²) in [7, 11) is 1.73. The summed E-state index contributed by atoms with van der Waals surface area (Å²) < 4.78 is 5.18. The van der Waals surface area contributed by atoms with Gasteiger partial charge in [-0.3, -0.25) is 14.6 Å². The highest BCUT2D eigenvalue weighted by Crippen LogP contribution is 2.12. The third-order valence-electron chi connectivity index (χ3n) is 4.19. The molecule has 0 unspecified atom stereocenters. The topological polar surface area (TPSA) is 90.2 Å². The van der Waals surface area contributed by atoms with Gasteiger partial charge in [-0.05, 0) is 12.1 Å². The molecular formula is C18H30IN5O3.